The van der Waals surface area contributed by atoms with Crippen molar-refractivity contribution in [2.75, 3.05) is 33.5 Å². The van der Waals surface area contributed by atoms with Crippen LogP contribution in [0.4, 0.5) is 0 Å². The first kappa shape index (κ1) is 62.1. The average molecular weight is 1170 g/mol. The monoisotopic (exact) mass is 1170 g/mol. The summed E-state index contributed by atoms with van der Waals surface area (Å²) >= 11 is 0. The second kappa shape index (κ2) is 32.2. The van der Waals surface area contributed by atoms with E-state index in [9.17, 15) is 19.2 Å². The Morgan fingerprint density at radius 3 is 1.33 bits per heavy atom. The predicted molar refractivity (Wildman–Crippen MR) is 314 cm³/mol. The van der Waals surface area contributed by atoms with E-state index in [0.717, 1.165) is 16.7 Å². The molecule has 2 fully saturated rings. The quantitative estimate of drug-likeness (QED) is 0.0186. The Morgan fingerprint density at radius 1 is 0.442 bits per heavy atom. The Morgan fingerprint density at radius 2 is 0.849 bits per heavy atom. The minimum absolute atomic E-state index is 0.125. The van der Waals surface area contributed by atoms with Crippen LogP contribution in [0.1, 0.15) is 58.1 Å². The Kier molecular flexibility index (Phi) is 23.2. The molecule has 7 aromatic carbocycles. The lowest BCUT2D eigenvalue weighted by molar-refractivity contribution is -0.338. The molecule has 0 bridgehead atoms. The van der Waals surface area contributed by atoms with Gasteiger partial charge in [0.1, 0.15) is 37.1 Å². The Hall–Kier alpha value is -8.46. The highest BCUT2D eigenvalue weighted by Crippen LogP contribution is 2.34. The van der Waals surface area contributed by atoms with Gasteiger partial charge < -0.3 is 61.6 Å². The first-order valence-electron chi connectivity index (χ1n) is 28.1. The second-order valence-corrected chi connectivity index (χ2v) is 20.1. The molecule has 446 valence electrons. The molecule has 2 aliphatic heterocycles. The summed E-state index contributed by atoms with van der Waals surface area (Å²) in [6.07, 6.45) is -11.8. The molecule has 0 aromatic heterocycles. The normalized spacial score (nSPS) is 22.1. The molecule has 17 nitrogen and oxygen atoms in total. The van der Waals surface area contributed by atoms with Gasteiger partial charge in [0.15, 0.2) is 37.2 Å². The molecule has 17 heteroatoms. The van der Waals surface area contributed by atoms with Gasteiger partial charge >= 0.3 is 23.9 Å². The molecule has 86 heavy (non-hydrogen) atoms. The van der Waals surface area contributed by atoms with Crippen LogP contribution in [0.5, 0.6) is 0 Å². The van der Waals surface area contributed by atoms with Gasteiger partial charge in [0.2, 0.25) is 0 Å². The zero-order valence-electron chi connectivity index (χ0n) is 47.4. The van der Waals surface area contributed by atoms with Gasteiger partial charge in [-0.25, -0.2) is 19.2 Å². The molecule has 0 amide bonds. The van der Waals surface area contributed by atoms with Crippen LogP contribution in [0.3, 0.4) is 0 Å². The van der Waals surface area contributed by atoms with Crippen molar-refractivity contribution < 1.29 is 80.8 Å². The zero-order valence-corrected chi connectivity index (χ0v) is 47.4. The average Bonchev–Trinajstić information content (AvgIpc) is 2.31. The molecule has 9 rings (SSSR count). The van der Waals surface area contributed by atoms with E-state index in [1.807, 2.05) is 91.0 Å². The van der Waals surface area contributed by atoms with Gasteiger partial charge in [0.25, 0.3) is 0 Å². The minimum Gasteiger partial charge on any atom is -0.459 e. The summed E-state index contributed by atoms with van der Waals surface area (Å²) < 4.78 is 82.9. The van der Waals surface area contributed by atoms with E-state index in [0.29, 0.717) is 12.2 Å². The molecule has 0 saturated carbocycles. The lowest BCUT2D eigenvalue weighted by Gasteiger charge is -2.46. The molecule has 1 unspecified atom stereocenters. The summed E-state index contributed by atoms with van der Waals surface area (Å²) in [6.45, 7) is 8.02. The Balaban J connectivity index is 0.965. The van der Waals surface area contributed by atoms with E-state index < -0.39 is 98.2 Å². The molecular weight excluding hydrogens is 1100 g/mol. The highest BCUT2D eigenvalue weighted by atomic mass is 16.8. The summed E-state index contributed by atoms with van der Waals surface area (Å²) in [4.78, 5) is 55.9. The molecular formula is C69H68O17. The molecule has 0 N–H and O–H groups in total. The molecule has 2 aliphatic rings. The van der Waals surface area contributed by atoms with Crippen molar-refractivity contribution in [1.29, 1.82) is 0 Å². The predicted octanol–water partition coefficient (Wildman–Crippen LogP) is 10.5. The van der Waals surface area contributed by atoms with Crippen LogP contribution in [-0.4, -0.2) is 125 Å². The largest absolute Gasteiger partial charge is 0.459 e. The summed E-state index contributed by atoms with van der Waals surface area (Å²) in [5, 5.41) is 0. The summed E-state index contributed by atoms with van der Waals surface area (Å²) in [5.41, 5.74) is 3.76. The van der Waals surface area contributed by atoms with Crippen molar-refractivity contribution in [3.8, 4) is 0 Å². The highest BCUT2D eigenvalue weighted by Gasteiger charge is 2.54. The van der Waals surface area contributed by atoms with Crippen LogP contribution >= 0.6 is 0 Å². The lowest BCUT2D eigenvalue weighted by Crippen LogP contribution is -2.63. The molecule has 7 aromatic rings. The number of ether oxygens (including phenoxy) is 13. The number of hydrogen-bond donors (Lipinski definition) is 0. The van der Waals surface area contributed by atoms with Crippen molar-refractivity contribution in [3.63, 3.8) is 0 Å². The van der Waals surface area contributed by atoms with Crippen molar-refractivity contribution >= 4 is 23.9 Å². The maximum absolute atomic E-state index is 14.2. The SMILES string of the molecule is C=CC(OCC(=C)CO[C@@H]1O[C@H](COC(=O)c2ccccc2)[C@@H](OC(=O)c2ccccc2)[C@H](OC(=O)c2ccccc2)[C@H]1OC(=O)c1ccccc1)O[C@H]1[C@H](OC)O[C@H](COCc2ccccc2)[C@@H](OCc2ccccc2)[C@@H]1OCc1ccccc1. The van der Waals surface area contributed by atoms with E-state index in [2.05, 4.69) is 13.2 Å². The summed E-state index contributed by atoms with van der Waals surface area (Å²) in [6, 6.07) is 61.7. The van der Waals surface area contributed by atoms with Crippen LogP contribution in [0, 0.1) is 0 Å². The van der Waals surface area contributed by atoms with E-state index in [1.165, 1.54) is 49.6 Å². The van der Waals surface area contributed by atoms with Crippen LogP contribution in [-0.2, 0) is 81.4 Å². The van der Waals surface area contributed by atoms with Crippen molar-refractivity contribution in [3.05, 3.63) is 276 Å². The fraction of sp³-hybridized carbons (Fsp3) is 0.275. The van der Waals surface area contributed by atoms with E-state index in [1.54, 1.807) is 84.9 Å². The topological polar surface area (TPSA) is 188 Å². The van der Waals surface area contributed by atoms with Gasteiger partial charge in [0, 0.05) is 7.11 Å². The van der Waals surface area contributed by atoms with Gasteiger partial charge in [-0.15, -0.1) is 0 Å². The Bertz CT molecular complexity index is 3210. The summed E-state index contributed by atoms with van der Waals surface area (Å²) in [5.74, 6) is -3.29. The van der Waals surface area contributed by atoms with Gasteiger partial charge in [0.05, 0.1) is 61.9 Å². The van der Waals surface area contributed by atoms with Crippen LogP contribution < -0.4 is 0 Å². The van der Waals surface area contributed by atoms with Gasteiger partial charge in [-0.05, 0) is 76.9 Å². The maximum atomic E-state index is 14.2. The van der Waals surface area contributed by atoms with Crippen LogP contribution in [0.2, 0.25) is 0 Å². The number of carbonyl (C=O) groups excluding carboxylic acids is 4. The molecule has 0 aliphatic carbocycles. The van der Waals surface area contributed by atoms with Crippen molar-refractivity contribution in [2.45, 2.75) is 87.5 Å². The third kappa shape index (κ3) is 17.6. The molecule has 0 radical (unpaired) electrons. The minimum atomic E-state index is -1.65. The number of methoxy groups -OCH3 is 1. The highest BCUT2D eigenvalue weighted by molar-refractivity contribution is 5.91. The lowest BCUT2D eigenvalue weighted by atomic mass is 9.97. The van der Waals surface area contributed by atoms with E-state index in [-0.39, 0.29) is 55.3 Å². The smallest absolute Gasteiger partial charge is 0.338 e. The molecule has 0 spiro atoms. The van der Waals surface area contributed by atoms with Gasteiger partial charge in [-0.1, -0.05) is 177 Å². The number of rotatable bonds is 29. The first-order valence-corrected chi connectivity index (χ1v) is 28.1. The number of hydrogen-bond acceptors (Lipinski definition) is 17. The second-order valence-electron chi connectivity index (χ2n) is 20.1. The number of esters is 4. The first-order chi connectivity index (χ1) is 42.1. The van der Waals surface area contributed by atoms with Crippen molar-refractivity contribution in [2.24, 2.45) is 0 Å². The summed E-state index contributed by atoms with van der Waals surface area (Å²) in [7, 11) is 1.50. The van der Waals surface area contributed by atoms with Crippen LogP contribution in [0.15, 0.2) is 237 Å². The maximum Gasteiger partial charge on any atom is 0.338 e. The van der Waals surface area contributed by atoms with E-state index >= 15 is 0 Å². The number of carbonyl (C=O) groups is 4. The molecule has 2 heterocycles. The fourth-order valence-electron chi connectivity index (χ4n) is 9.56. The zero-order chi connectivity index (χ0) is 59.9. The standard InChI is InChI=1S/C69H68O17/c1-4-57(83-62-60(78-44-50-30-16-7-17-31-50)58(77-43-49-28-14-6-15-29-49)55(81-68(62)74-3)45-75-42-48-26-12-5-13-27-48)76-40-47(2)41-80-69-63(86-67(73)54-38-24-11-25-39-54)61(85-66(72)53-36-22-10-23-37-53)59(84-65(71)52-34-20-9-21-35-52)56(82-69)46-79-64(70)51-32-18-8-19-33-51/h4-39,55-63,68-69H,1-2,40-46H2,3H3/t55-,56-,57?,58-,59-,60+,61+,62-,63-,68-,69-/m1/s1. The van der Waals surface area contributed by atoms with E-state index in [4.69, 9.17) is 61.6 Å². The van der Waals surface area contributed by atoms with Gasteiger partial charge in [-0.2, -0.15) is 0 Å². The molecule has 11 atom stereocenters. The van der Waals surface area contributed by atoms with Gasteiger partial charge in [-0.3, -0.25) is 0 Å². The number of benzene rings is 7. The molecule has 2 saturated heterocycles. The van der Waals surface area contributed by atoms with Crippen molar-refractivity contribution in [1.82, 2.24) is 0 Å². The fourth-order valence-corrected chi connectivity index (χ4v) is 9.56. The third-order valence-corrected chi connectivity index (χ3v) is 13.9. The van der Waals surface area contributed by atoms with Crippen LogP contribution in [0.25, 0.3) is 0 Å². The third-order valence-electron chi connectivity index (χ3n) is 13.9. The Labute approximate surface area is 499 Å².